The molecule has 0 aromatic carbocycles. The number of aryl methyl sites for hydroxylation is 1. The molecule has 0 saturated heterocycles. The van der Waals surface area contributed by atoms with Crippen molar-refractivity contribution in [3.63, 3.8) is 0 Å². The van der Waals surface area contributed by atoms with Crippen molar-refractivity contribution in [1.82, 2.24) is 0 Å². The second-order valence-corrected chi connectivity index (χ2v) is 2.19. The normalized spacial score (nSPS) is 8.82. The molecule has 1 N–H and O–H groups in total. The zero-order chi connectivity index (χ0) is 7.23. The summed E-state index contributed by atoms with van der Waals surface area (Å²) < 4.78 is 2.05. The van der Waals surface area contributed by atoms with Gasteiger partial charge in [0.05, 0.1) is 0 Å². The van der Waals surface area contributed by atoms with Crippen molar-refractivity contribution in [3.05, 3.63) is 30.6 Å². The van der Waals surface area contributed by atoms with Crippen LogP contribution in [0.2, 0.25) is 0 Å². The number of pyridine rings is 1. The first-order chi connectivity index (χ1) is 4.93. The number of hydrogen-bond acceptors (Lipinski definition) is 1. The molecular formula is C8H12INO. The molecule has 1 heterocycles. The van der Waals surface area contributed by atoms with Gasteiger partial charge in [-0.25, -0.2) is 4.57 Å². The van der Waals surface area contributed by atoms with Gasteiger partial charge in [-0.3, -0.25) is 0 Å². The van der Waals surface area contributed by atoms with Crippen LogP contribution in [0, 0.1) is 0 Å². The van der Waals surface area contributed by atoms with Crippen molar-refractivity contribution in [2.24, 2.45) is 0 Å². The lowest BCUT2D eigenvalue weighted by Gasteiger charge is -1.91. The highest BCUT2D eigenvalue weighted by Gasteiger charge is 1.93. The maximum absolute atomic E-state index is 8.51. The summed E-state index contributed by atoms with van der Waals surface area (Å²) in [6.45, 7) is 1.17. The van der Waals surface area contributed by atoms with Gasteiger partial charge >= 0.3 is 0 Å². The molecule has 62 valence electrons. The van der Waals surface area contributed by atoms with Crippen LogP contribution >= 0.6 is 0 Å². The second kappa shape index (κ2) is 6.54. The number of nitrogens with zero attached hydrogens (tertiary/aromatic N) is 1. The van der Waals surface area contributed by atoms with E-state index in [-0.39, 0.29) is 30.6 Å². The largest absolute Gasteiger partial charge is 1.00 e. The highest BCUT2D eigenvalue weighted by molar-refractivity contribution is 4.83. The Morgan fingerprint density at radius 2 is 1.73 bits per heavy atom. The van der Waals surface area contributed by atoms with E-state index >= 15 is 0 Å². The van der Waals surface area contributed by atoms with Crippen molar-refractivity contribution in [2.45, 2.75) is 13.0 Å². The summed E-state index contributed by atoms with van der Waals surface area (Å²) >= 11 is 0. The summed E-state index contributed by atoms with van der Waals surface area (Å²) in [4.78, 5) is 0. The Hall–Kier alpha value is -0.160. The Morgan fingerprint density at radius 1 is 1.09 bits per heavy atom. The number of hydrogen-bond donors (Lipinski definition) is 1. The molecule has 0 aliphatic rings. The minimum Gasteiger partial charge on any atom is -1.00 e. The molecule has 1 aromatic rings. The molecule has 0 spiro atoms. The molecule has 0 amide bonds. The molecule has 0 unspecified atom stereocenters. The van der Waals surface area contributed by atoms with E-state index in [0.29, 0.717) is 0 Å². The highest BCUT2D eigenvalue weighted by atomic mass is 127. The van der Waals surface area contributed by atoms with Gasteiger partial charge < -0.3 is 29.1 Å². The third-order valence-electron chi connectivity index (χ3n) is 1.35. The number of aromatic nitrogens is 1. The molecule has 1 rings (SSSR count). The zero-order valence-electron chi connectivity index (χ0n) is 6.28. The Kier molecular flexibility index (Phi) is 6.45. The monoisotopic (exact) mass is 265 g/mol. The van der Waals surface area contributed by atoms with Gasteiger partial charge in [-0.2, -0.15) is 0 Å². The van der Waals surface area contributed by atoms with Crippen molar-refractivity contribution < 1.29 is 33.7 Å². The molecule has 0 fully saturated rings. The van der Waals surface area contributed by atoms with Gasteiger partial charge in [0.1, 0.15) is 0 Å². The number of aliphatic hydroxyl groups excluding tert-OH is 1. The van der Waals surface area contributed by atoms with E-state index in [1.807, 2.05) is 30.6 Å². The predicted octanol–water partition coefficient (Wildman–Crippen LogP) is -2.64. The summed E-state index contributed by atoms with van der Waals surface area (Å²) in [6.07, 6.45) is 4.82. The van der Waals surface area contributed by atoms with Crippen molar-refractivity contribution in [1.29, 1.82) is 0 Å². The standard InChI is InChI=1S/C8H12NO.HI/c10-8-4-7-9-5-2-1-3-6-9;/h1-3,5-6,10H,4,7-8H2;1H/q+1;/p-1. The van der Waals surface area contributed by atoms with Crippen LogP contribution in [0.5, 0.6) is 0 Å². The summed E-state index contributed by atoms with van der Waals surface area (Å²) in [6, 6.07) is 5.95. The quantitative estimate of drug-likeness (QED) is 0.469. The zero-order valence-corrected chi connectivity index (χ0v) is 8.44. The van der Waals surface area contributed by atoms with Crippen molar-refractivity contribution in [2.75, 3.05) is 6.61 Å². The van der Waals surface area contributed by atoms with Crippen molar-refractivity contribution in [3.8, 4) is 0 Å². The Balaban J connectivity index is 0.000001000. The highest BCUT2D eigenvalue weighted by Crippen LogP contribution is 1.79. The van der Waals surface area contributed by atoms with E-state index in [2.05, 4.69) is 4.57 Å². The SMILES string of the molecule is OCCC[n+]1ccccc1.[I-]. The van der Waals surface area contributed by atoms with Crippen LogP contribution in [0.25, 0.3) is 0 Å². The molecule has 0 bridgehead atoms. The van der Waals surface area contributed by atoms with Gasteiger partial charge in [0, 0.05) is 25.2 Å². The lowest BCUT2D eigenvalue weighted by atomic mass is 10.4. The number of rotatable bonds is 3. The Bertz CT molecular complexity index is 179. The van der Waals surface area contributed by atoms with Gasteiger partial charge in [-0.1, -0.05) is 6.07 Å². The Morgan fingerprint density at radius 3 is 2.27 bits per heavy atom. The first-order valence-electron chi connectivity index (χ1n) is 3.48. The maximum Gasteiger partial charge on any atom is 0.168 e. The van der Waals surface area contributed by atoms with Gasteiger partial charge in [0.15, 0.2) is 18.9 Å². The summed E-state index contributed by atoms with van der Waals surface area (Å²) in [5.74, 6) is 0. The fourth-order valence-corrected chi connectivity index (χ4v) is 0.837. The van der Waals surface area contributed by atoms with E-state index in [0.717, 1.165) is 13.0 Å². The lowest BCUT2D eigenvalue weighted by Crippen LogP contribution is -3.00. The Labute approximate surface area is 83.9 Å². The average molecular weight is 265 g/mol. The van der Waals surface area contributed by atoms with E-state index < -0.39 is 0 Å². The molecule has 0 radical (unpaired) electrons. The summed E-state index contributed by atoms with van der Waals surface area (Å²) in [5.41, 5.74) is 0. The minimum atomic E-state index is 0. The summed E-state index contributed by atoms with van der Waals surface area (Å²) in [7, 11) is 0. The third-order valence-corrected chi connectivity index (χ3v) is 1.35. The molecule has 0 saturated carbocycles. The topological polar surface area (TPSA) is 24.1 Å². The number of aliphatic hydroxyl groups is 1. The third kappa shape index (κ3) is 4.31. The van der Waals surface area contributed by atoms with Crippen LogP contribution in [0.4, 0.5) is 0 Å². The smallest absolute Gasteiger partial charge is 0.168 e. The van der Waals surface area contributed by atoms with Gasteiger partial charge in [-0.05, 0) is 0 Å². The van der Waals surface area contributed by atoms with Crippen LogP contribution in [-0.2, 0) is 6.54 Å². The van der Waals surface area contributed by atoms with Crippen LogP contribution in [0.1, 0.15) is 6.42 Å². The summed E-state index contributed by atoms with van der Waals surface area (Å²) in [5, 5.41) is 8.51. The van der Waals surface area contributed by atoms with Gasteiger partial charge in [0.2, 0.25) is 0 Å². The fraction of sp³-hybridized carbons (Fsp3) is 0.375. The van der Waals surface area contributed by atoms with Crippen LogP contribution in [-0.4, -0.2) is 11.7 Å². The van der Waals surface area contributed by atoms with E-state index in [4.69, 9.17) is 5.11 Å². The van der Waals surface area contributed by atoms with Gasteiger partial charge in [-0.15, -0.1) is 0 Å². The van der Waals surface area contributed by atoms with Crippen LogP contribution < -0.4 is 28.5 Å². The van der Waals surface area contributed by atoms with E-state index in [9.17, 15) is 0 Å². The van der Waals surface area contributed by atoms with E-state index in [1.165, 1.54) is 0 Å². The maximum atomic E-state index is 8.51. The molecule has 11 heavy (non-hydrogen) atoms. The molecule has 0 aliphatic carbocycles. The molecule has 0 aliphatic heterocycles. The second-order valence-electron chi connectivity index (χ2n) is 2.19. The van der Waals surface area contributed by atoms with Crippen LogP contribution in [0.15, 0.2) is 30.6 Å². The van der Waals surface area contributed by atoms with Crippen LogP contribution in [0.3, 0.4) is 0 Å². The first-order valence-corrected chi connectivity index (χ1v) is 3.48. The fourth-order valence-electron chi connectivity index (χ4n) is 0.837. The predicted molar refractivity (Wildman–Crippen MR) is 38.3 cm³/mol. The minimum absolute atomic E-state index is 0. The van der Waals surface area contributed by atoms with Crippen molar-refractivity contribution >= 4 is 0 Å². The van der Waals surface area contributed by atoms with Gasteiger partial charge in [0.25, 0.3) is 0 Å². The van der Waals surface area contributed by atoms with E-state index in [1.54, 1.807) is 0 Å². The molecule has 0 atom stereocenters. The average Bonchev–Trinajstić information content (AvgIpc) is 2.03. The molecule has 2 nitrogen and oxygen atoms in total. The molecular weight excluding hydrogens is 253 g/mol. The molecule has 3 heteroatoms. The molecule has 1 aromatic heterocycles. The lowest BCUT2D eigenvalue weighted by molar-refractivity contribution is -0.697. The number of halogens is 1. The first kappa shape index (κ1) is 10.8.